The van der Waals surface area contributed by atoms with Crippen LogP contribution in [0.1, 0.15) is 28.8 Å². The number of nitrogens with zero attached hydrogens (tertiary/aromatic N) is 3. The van der Waals surface area contributed by atoms with Crippen molar-refractivity contribution in [1.82, 2.24) is 14.5 Å². The standard InChI is InChI=1S/C28H31N3O3/c1-30-17-24-23-9-5-6-10-26(23)29-27(25(24)18-30)34-19-20-11-14-31(15-12-20)16-13-21-7-3-4-8-22(21)28(32)33-2/h3-10,17-18,20H,11-16,19H2,1-2H3. The molecule has 5 rings (SSSR count). The summed E-state index contributed by atoms with van der Waals surface area (Å²) in [6.45, 7) is 3.72. The molecule has 6 heteroatoms. The summed E-state index contributed by atoms with van der Waals surface area (Å²) < 4.78 is 13.3. The fourth-order valence-corrected chi connectivity index (χ4v) is 4.95. The van der Waals surface area contributed by atoms with E-state index in [1.807, 2.05) is 43.4 Å². The van der Waals surface area contributed by atoms with Crippen molar-refractivity contribution in [1.29, 1.82) is 0 Å². The first-order chi connectivity index (χ1) is 16.6. The Morgan fingerprint density at radius 3 is 2.56 bits per heavy atom. The molecule has 176 valence electrons. The first-order valence-electron chi connectivity index (χ1n) is 12.0. The number of para-hydroxylation sites is 1. The van der Waals surface area contributed by atoms with Crippen molar-refractivity contribution in [3.05, 3.63) is 72.1 Å². The molecule has 1 aliphatic rings. The molecule has 6 nitrogen and oxygen atoms in total. The molecule has 0 N–H and O–H groups in total. The second-order valence-electron chi connectivity index (χ2n) is 9.18. The van der Waals surface area contributed by atoms with E-state index in [-0.39, 0.29) is 5.97 Å². The van der Waals surface area contributed by atoms with Crippen molar-refractivity contribution in [3.8, 4) is 5.88 Å². The van der Waals surface area contributed by atoms with Gasteiger partial charge in [-0.15, -0.1) is 0 Å². The van der Waals surface area contributed by atoms with E-state index in [9.17, 15) is 4.79 Å². The van der Waals surface area contributed by atoms with Gasteiger partial charge in [0.25, 0.3) is 0 Å². The maximum atomic E-state index is 12.0. The molecule has 2 aromatic carbocycles. The topological polar surface area (TPSA) is 56.6 Å². The summed E-state index contributed by atoms with van der Waals surface area (Å²) in [6.07, 6.45) is 7.29. The lowest BCUT2D eigenvalue weighted by Crippen LogP contribution is -2.36. The number of esters is 1. The minimum Gasteiger partial charge on any atom is -0.477 e. The maximum absolute atomic E-state index is 12.0. The molecule has 0 saturated carbocycles. The number of methoxy groups -OCH3 is 1. The van der Waals surface area contributed by atoms with Gasteiger partial charge in [-0.25, -0.2) is 9.78 Å². The van der Waals surface area contributed by atoms with Crippen molar-refractivity contribution < 1.29 is 14.3 Å². The first kappa shape index (κ1) is 22.4. The van der Waals surface area contributed by atoms with Crippen LogP contribution < -0.4 is 4.74 Å². The Hall–Kier alpha value is -3.38. The number of carbonyl (C=O) groups is 1. The molecular weight excluding hydrogens is 426 g/mol. The quantitative estimate of drug-likeness (QED) is 0.372. The second-order valence-corrected chi connectivity index (χ2v) is 9.18. The number of rotatable bonds is 7. The number of ether oxygens (including phenoxy) is 2. The van der Waals surface area contributed by atoms with Crippen LogP contribution in [0.25, 0.3) is 21.7 Å². The lowest BCUT2D eigenvalue weighted by molar-refractivity contribution is 0.0599. The zero-order valence-corrected chi connectivity index (χ0v) is 19.9. The second kappa shape index (κ2) is 9.85. The van der Waals surface area contributed by atoms with E-state index in [1.54, 1.807) is 0 Å². The molecule has 0 amide bonds. The average Bonchev–Trinajstić information content (AvgIpc) is 3.28. The normalized spacial score (nSPS) is 15.1. The van der Waals surface area contributed by atoms with Gasteiger partial charge in [-0.2, -0.15) is 0 Å². The number of likely N-dealkylation sites (tertiary alicyclic amines) is 1. The Morgan fingerprint density at radius 1 is 1.00 bits per heavy atom. The summed E-state index contributed by atoms with van der Waals surface area (Å²) in [6, 6.07) is 16.0. The van der Waals surface area contributed by atoms with Crippen LogP contribution in [-0.4, -0.2) is 53.8 Å². The van der Waals surface area contributed by atoms with Gasteiger partial charge >= 0.3 is 5.97 Å². The van der Waals surface area contributed by atoms with Gasteiger partial charge in [0.05, 0.1) is 30.2 Å². The fraction of sp³-hybridized carbons (Fsp3) is 0.357. The van der Waals surface area contributed by atoms with Crippen LogP contribution in [-0.2, 0) is 18.2 Å². The molecule has 0 radical (unpaired) electrons. The molecule has 1 saturated heterocycles. The van der Waals surface area contributed by atoms with E-state index in [0.29, 0.717) is 18.1 Å². The number of hydrogen-bond acceptors (Lipinski definition) is 5. The molecule has 0 unspecified atom stereocenters. The Labute approximate surface area is 200 Å². The first-order valence-corrected chi connectivity index (χ1v) is 12.0. The van der Waals surface area contributed by atoms with Crippen LogP contribution >= 0.6 is 0 Å². The molecule has 1 aliphatic heterocycles. The van der Waals surface area contributed by atoms with Crippen LogP contribution in [0, 0.1) is 5.92 Å². The lowest BCUT2D eigenvalue weighted by atomic mass is 9.97. The van der Waals surface area contributed by atoms with Gasteiger partial charge in [0.15, 0.2) is 0 Å². The van der Waals surface area contributed by atoms with Crippen molar-refractivity contribution >= 4 is 27.6 Å². The van der Waals surface area contributed by atoms with Crippen LogP contribution in [0.4, 0.5) is 0 Å². The average molecular weight is 458 g/mol. The number of hydrogen-bond donors (Lipinski definition) is 0. The maximum Gasteiger partial charge on any atom is 0.338 e. The molecular formula is C28H31N3O3. The summed E-state index contributed by atoms with van der Waals surface area (Å²) in [5.41, 5.74) is 2.69. The molecule has 34 heavy (non-hydrogen) atoms. The molecule has 1 fully saturated rings. The van der Waals surface area contributed by atoms with Crippen molar-refractivity contribution in [3.63, 3.8) is 0 Å². The number of pyridine rings is 1. The molecule has 0 atom stereocenters. The van der Waals surface area contributed by atoms with Crippen LogP contribution in [0.15, 0.2) is 60.9 Å². The molecule has 3 heterocycles. The summed E-state index contributed by atoms with van der Waals surface area (Å²) in [5, 5.41) is 3.42. The van der Waals surface area contributed by atoms with Crippen molar-refractivity contribution in [2.24, 2.45) is 13.0 Å². The molecule has 0 bridgehead atoms. The summed E-state index contributed by atoms with van der Waals surface area (Å²) in [5.74, 6) is 0.989. The minimum absolute atomic E-state index is 0.263. The number of aromatic nitrogens is 2. The summed E-state index contributed by atoms with van der Waals surface area (Å²) >= 11 is 0. The monoisotopic (exact) mass is 457 g/mol. The Balaban J connectivity index is 1.18. The molecule has 4 aromatic rings. The number of carbonyl (C=O) groups excluding carboxylic acids is 1. The highest BCUT2D eigenvalue weighted by molar-refractivity contribution is 6.07. The third kappa shape index (κ3) is 4.64. The van der Waals surface area contributed by atoms with Crippen molar-refractivity contribution in [2.75, 3.05) is 33.4 Å². The zero-order chi connectivity index (χ0) is 23.5. The number of aryl methyl sites for hydroxylation is 1. The van der Waals surface area contributed by atoms with Gasteiger partial charge in [0.1, 0.15) is 0 Å². The van der Waals surface area contributed by atoms with Gasteiger partial charge in [0.2, 0.25) is 5.88 Å². The minimum atomic E-state index is -0.263. The predicted octanol–water partition coefficient (Wildman–Crippen LogP) is 4.85. The lowest BCUT2D eigenvalue weighted by Gasteiger charge is -2.31. The van der Waals surface area contributed by atoms with Gasteiger partial charge in [0, 0.05) is 36.8 Å². The summed E-state index contributed by atoms with van der Waals surface area (Å²) in [7, 11) is 3.47. The summed E-state index contributed by atoms with van der Waals surface area (Å²) in [4.78, 5) is 19.3. The Bertz CT molecular complexity index is 1300. The van der Waals surface area contributed by atoms with E-state index in [4.69, 9.17) is 14.5 Å². The van der Waals surface area contributed by atoms with Gasteiger partial charge in [-0.05, 0) is 56.0 Å². The Kier molecular flexibility index (Phi) is 6.50. The Morgan fingerprint density at radius 2 is 1.74 bits per heavy atom. The van der Waals surface area contributed by atoms with E-state index >= 15 is 0 Å². The molecule has 0 spiro atoms. The highest BCUT2D eigenvalue weighted by Gasteiger charge is 2.21. The highest BCUT2D eigenvalue weighted by atomic mass is 16.5. The van der Waals surface area contributed by atoms with E-state index in [0.717, 1.165) is 66.6 Å². The molecule has 2 aromatic heterocycles. The third-order valence-corrected chi connectivity index (χ3v) is 6.89. The van der Waals surface area contributed by atoms with Crippen LogP contribution in [0.5, 0.6) is 5.88 Å². The number of benzene rings is 2. The van der Waals surface area contributed by atoms with E-state index < -0.39 is 0 Å². The number of piperidine rings is 1. The van der Waals surface area contributed by atoms with E-state index in [1.165, 1.54) is 12.5 Å². The predicted molar refractivity (Wildman–Crippen MR) is 134 cm³/mol. The highest BCUT2D eigenvalue weighted by Crippen LogP contribution is 2.32. The SMILES string of the molecule is COC(=O)c1ccccc1CCN1CCC(COc2nc3ccccc3c3cn(C)cc23)CC1. The smallest absolute Gasteiger partial charge is 0.338 e. The third-order valence-electron chi connectivity index (χ3n) is 6.89. The molecule has 0 aliphatic carbocycles. The number of fused-ring (bicyclic) bond motifs is 3. The fourth-order valence-electron chi connectivity index (χ4n) is 4.95. The van der Waals surface area contributed by atoms with Gasteiger partial charge < -0.3 is 18.9 Å². The largest absolute Gasteiger partial charge is 0.477 e. The van der Waals surface area contributed by atoms with Crippen molar-refractivity contribution in [2.45, 2.75) is 19.3 Å². The van der Waals surface area contributed by atoms with Crippen LogP contribution in [0.2, 0.25) is 0 Å². The van der Waals surface area contributed by atoms with Gasteiger partial charge in [-0.1, -0.05) is 36.4 Å². The van der Waals surface area contributed by atoms with Gasteiger partial charge in [-0.3, -0.25) is 0 Å². The van der Waals surface area contributed by atoms with Crippen LogP contribution in [0.3, 0.4) is 0 Å². The van der Waals surface area contributed by atoms with E-state index in [2.05, 4.69) is 34.0 Å². The zero-order valence-electron chi connectivity index (χ0n) is 19.9.